The van der Waals surface area contributed by atoms with Crippen LogP contribution in [0.3, 0.4) is 0 Å². The number of fused-ring (bicyclic) bond motifs is 3. The van der Waals surface area contributed by atoms with Crippen molar-refractivity contribution in [3.8, 4) is 5.75 Å². The number of aromatic nitrogens is 2. The number of amides is 1. The lowest BCUT2D eigenvalue weighted by molar-refractivity contribution is 0.0486. The zero-order chi connectivity index (χ0) is 25.4. The molecule has 1 heterocycles. The van der Waals surface area contributed by atoms with E-state index in [1.165, 1.54) is 25.7 Å². The molecule has 3 saturated carbocycles. The molecule has 0 radical (unpaired) electrons. The van der Waals surface area contributed by atoms with Crippen molar-refractivity contribution in [2.75, 3.05) is 13.7 Å². The molecule has 3 fully saturated rings. The van der Waals surface area contributed by atoms with Crippen molar-refractivity contribution in [1.82, 2.24) is 20.6 Å². The molecule has 3 aliphatic carbocycles. The highest BCUT2D eigenvalue weighted by Crippen LogP contribution is 2.52. The Morgan fingerprint density at radius 3 is 2.58 bits per heavy atom. The fourth-order valence-electron chi connectivity index (χ4n) is 6.63. The molecule has 5 rings (SSSR count). The number of alkyl carbamates (subject to hydrolysis) is 1. The topological polar surface area (TPSA) is 108 Å². The van der Waals surface area contributed by atoms with Gasteiger partial charge in [-0.3, -0.25) is 5.32 Å². The monoisotopic (exact) mass is 498 g/mol. The number of methoxy groups -OCH3 is 1. The summed E-state index contributed by atoms with van der Waals surface area (Å²) in [7, 11) is 1.68. The molecule has 4 N–H and O–H groups in total. The quantitative estimate of drug-likeness (QED) is 0.394. The average molecular weight is 499 g/mol. The Labute approximate surface area is 213 Å². The van der Waals surface area contributed by atoms with Crippen LogP contribution in [0.2, 0.25) is 0 Å². The molecule has 0 spiro atoms. The SMILES string of the molecule is COc1ccc(C(O)NCC2CCC(NC(=O)OC(C)(C)C)CC2)c2nc(C3CC4CCC3C4)[nH]c12. The number of aliphatic hydroxyl groups is 1. The van der Waals surface area contributed by atoms with E-state index >= 15 is 0 Å². The molecule has 8 nitrogen and oxygen atoms in total. The first kappa shape index (κ1) is 25.3. The third-order valence-corrected chi connectivity index (χ3v) is 8.43. The molecule has 0 saturated heterocycles. The predicted octanol–water partition coefficient (Wildman–Crippen LogP) is 5.14. The first-order valence-electron chi connectivity index (χ1n) is 13.7. The number of hydrogen-bond acceptors (Lipinski definition) is 6. The van der Waals surface area contributed by atoms with Crippen LogP contribution in [-0.4, -0.2) is 46.5 Å². The van der Waals surface area contributed by atoms with Crippen molar-refractivity contribution in [2.45, 2.75) is 95.9 Å². The van der Waals surface area contributed by atoms with E-state index in [9.17, 15) is 9.90 Å². The number of ether oxygens (including phenoxy) is 2. The lowest BCUT2D eigenvalue weighted by atomic mass is 9.86. The smallest absolute Gasteiger partial charge is 0.407 e. The third kappa shape index (κ3) is 5.49. The number of H-pyrrole nitrogens is 1. The van der Waals surface area contributed by atoms with Crippen LogP contribution in [0.1, 0.15) is 95.7 Å². The third-order valence-electron chi connectivity index (χ3n) is 8.43. The van der Waals surface area contributed by atoms with Crippen molar-refractivity contribution in [3.05, 3.63) is 23.5 Å². The second-order valence-electron chi connectivity index (χ2n) is 12.2. The Bertz CT molecular complexity index is 1070. The summed E-state index contributed by atoms with van der Waals surface area (Å²) in [6.07, 6.45) is 7.89. The van der Waals surface area contributed by atoms with E-state index < -0.39 is 11.8 Å². The highest BCUT2D eigenvalue weighted by atomic mass is 16.6. The minimum atomic E-state index is -0.799. The second kappa shape index (κ2) is 10.2. The van der Waals surface area contributed by atoms with Crippen molar-refractivity contribution in [2.24, 2.45) is 17.8 Å². The number of nitrogens with one attached hydrogen (secondary N) is 3. The van der Waals surface area contributed by atoms with E-state index in [0.29, 0.717) is 11.8 Å². The lowest BCUT2D eigenvalue weighted by Gasteiger charge is -2.30. The van der Waals surface area contributed by atoms with Crippen LogP contribution in [0.4, 0.5) is 4.79 Å². The van der Waals surface area contributed by atoms with Gasteiger partial charge in [0.15, 0.2) is 0 Å². The van der Waals surface area contributed by atoms with E-state index in [1.807, 2.05) is 32.9 Å². The molecule has 1 amide bonds. The summed E-state index contributed by atoms with van der Waals surface area (Å²) < 4.78 is 11.0. The molecule has 1 aromatic heterocycles. The number of carbonyl (C=O) groups excluding carboxylic acids is 1. The molecular weight excluding hydrogens is 456 g/mol. The van der Waals surface area contributed by atoms with Gasteiger partial charge in [-0.1, -0.05) is 6.42 Å². The average Bonchev–Trinajstić information content (AvgIpc) is 3.57. The highest BCUT2D eigenvalue weighted by molar-refractivity contribution is 5.85. The van der Waals surface area contributed by atoms with E-state index in [1.54, 1.807) is 7.11 Å². The van der Waals surface area contributed by atoms with Gasteiger partial charge in [-0.25, -0.2) is 9.78 Å². The van der Waals surface area contributed by atoms with E-state index in [-0.39, 0.29) is 12.1 Å². The van der Waals surface area contributed by atoms with Gasteiger partial charge in [0, 0.05) is 24.1 Å². The lowest BCUT2D eigenvalue weighted by Crippen LogP contribution is -2.42. The molecule has 3 aliphatic rings. The molecule has 36 heavy (non-hydrogen) atoms. The number of nitrogens with zero attached hydrogens (tertiary/aromatic N) is 1. The summed E-state index contributed by atoms with van der Waals surface area (Å²) in [4.78, 5) is 20.6. The van der Waals surface area contributed by atoms with E-state index in [2.05, 4.69) is 15.6 Å². The van der Waals surface area contributed by atoms with Crippen LogP contribution < -0.4 is 15.4 Å². The molecule has 1 aromatic carbocycles. The molecular formula is C28H42N4O4. The summed E-state index contributed by atoms with van der Waals surface area (Å²) in [6.45, 7) is 6.34. The molecule has 198 valence electrons. The van der Waals surface area contributed by atoms with Gasteiger partial charge in [0.25, 0.3) is 0 Å². The largest absolute Gasteiger partial charge is 0.494 e. The maximum atomic E-state index is 12.1. The number of imidazole rings is 1. The summed E-state index contributed by atoms with van der Waals surface area (Å²) in [5.74, 6) is 4.33. The predicted molar refractivity (Wildman–Crippen MR) is 139 cm³/mol. The van der Waals surface area contributed by atoms with E-state index in [4.69, 9.17) is 14.5 Å². The van der Waals surface area contributed by atoms with Crippen molar-refractivity contribution in [3.63, 3.8) is 0 Å². The van der Waals surface area contributed by atoms with Gasteiger partial charge >= 0.3 is 6.09 Å². The number of aromatic amines is 1. The summed E-state index contributed by atoms with van der Waals surface area (Å²) in [5.41, 5.74) is 1.98. The van der Waals surface area contributed by atoms with Gasteiger partial charge in [-0.2, -0.15) is 0 Å². The van der Waals surface area contributed by atoms with Crippen LogP contribution in [0.15, 0.2) is 12.1 Å². The van der Waals surface area contributed by atoms with Crippen molar-refractivity contribution in [1.29, 1.82) is 0 Å². The van der Waals surface area contributed by atoms with E-state index in [0.717, 1.165) is 72.2 Å². The maximum absolute atomic E-state index is 12.1. The summed E-state index contributed by atoms with van der Waals surface area (Å²) in [5, 5.41) is 17.4. The Balaban J connectivity index is 1.19. The molecule has 2 aromatic rings. The first-order chi connectivity index (χ1) is 17.2. The fourth-order valence-corrected chi connectivity index (χ4v) is 6.63. The Morgan fingerprint density at radius 2 is 1.94 bits per heavy atom. The normalized spacial score (nSPS) is 28.9. The van der Waals surface area contributed by atoms with Crippen LogP contribution in [0.25, 0.3) is 11.0 Å². The minimum Gasteiger partial charge on any atom is -0.494 e. The molecule has 0 aliphatic heterocycles. The van der Waals surface area contributed by atoms with Gasteiger partial charge in [-0.05, 0) is 95.6 Å². The van der Waals surface area contributed by atoms with Crippen LogP contribution in [0, 0.1) is 17.8 Å². The van der Waals surface area contributed by atoms with Crippen molar-refractivity contribution < 1.29 is 19.4 Å². The van der Waals surface area contributed by atoms with Gasteiger partial charge in [0.05, 0.1) is 12.6 Å². The van der Waals surface area contributed by atoms with Crippen LogP contribution in [-0.2, 0) is 4.74 Å². The minimum absolute atomic E-state index is 0.149. The Hall–Kier alpha value is -2.32. The second-order valence-corrected chi connectivity index (χ2v) is 12.2. The highest BCUT2D eigenvalue weighted by Gasteiger charge is 2.41. The number of carbonyl (C=O) groups is 1. The van der Waals surface area contributed by atoms with Crippen molar-refractivity contribution >= 4 is 17.1 Å². The van der Waals surface area contributed by atoms with Gasteiger partial charge in [0.2, 0.25) is 0 Å². The zero-order valence-corrected chi connectivity index (χ0v) is 22.1. The molecule has 8 heteroatoms. The summed E-state index contributed by atoms with van der Waals surface area (Å²) in [6, 6.07) is 3.99. The Kier molecular flexibility index (Phi) is 7.18. The fraction of sp³-hybridized carbons (Fsp3) is 0.714. The number of benzene rings is 1. The number of rotatable bonds is 7. The maximum Gasteiger partial charge on any atom is 0.407 e. The molecule has 2 bridgehead atoms. The standard InChI is InChI=1S/C28H42N4O4/c1-28(2,3)36-27(34)30-19-9-6-16(7-10-19)15-29-26(33)20-11-12-22(35-4)24-23(20)31-25(32-24)21-14-17-5-8-18(21)13-17/h11-12,16-19,21,26,29,33H,5-10,13-15H2,1-4H3,(H,30,34)(H,31,32). The zero-order valence-electron chi connectivity index (χ0n) is 22.1. The van der Waals surface area contributed by atoms with Gasteiger partial charge in [-0.15, -0.1) is 0 Å². The number of hydrogen-bond donors (Lipinski definition) is 4. The summed E-state index contributed by atoms with van der Waals surface area (Å²) >= 11 is 0. The first-order valence-corrected chi connectivity index (χ1v) is 13.7. The van der Waals surface area contributed by atoms with Crippen LogP contribution >= 0.6 is 0 Å². The van der Waals surface area contributed by atoms with Gasteiger partial charge < -0.3 is 24.9 Å². The molecule has 4 unspecified atom stereocenters. The van der Waals surface area contributed by atoms with Gasteiger partial charge in [0.1, 0.15) is 28.9 Å². The van der Waals surface area contributed by atoms with Crippen LogP contribution in [0.5, 0.6) is 5.75 Å². The molecule has 4 atom stereocenters. The number of aliphatic hydroxyl groups excluding tert-OH is 1. The Morgan fingerprint density at radius 1 is 1.17 bits per heavy atom.